The van der Waals surface area contributed by atoms with Crippen molar-refractivity contribution in [3.05, 3.63) is 22.7 Å². The van der Waals surface area contributed by atoms with Crippen molar-refractivity contribution >= 4 is 17.5 Å². The second kappa shape index (κ2) is 8.67. The van der Waals surface area contributed by atoms with E-state index in [-0.39, 0.29) is 18.1 Å². The van der Waals surface area contributed by atoms with E-state index in [2.05, 4.69) is 10.2 Å². The molecule has 7 heteroatoms. The fraction of sp³-hybridized carbons (Fsp3) is 0.650. The van der Waals surface area contributed by atoms with Crippen LogP contribution in [-0.4, -0.2) is 57.4 Å². The van der Waals surface area contributed by atoms with E-state index >= 15 is 0 Å². The topological polar surface area (TPSA) is 60.0 Å². The molecule has 1 aromatic rings. The summed E-state index contributed by atoms with van der Waals surface area (Å²) in [5, 5.41) is 3.71. The van der Waals surface area contributed by atoms with E-state index in [1.165, 1.54) is 0 Å². The first-order valence-electron chi connectivity index (χ1n) is 9.37. The minimum atomic E-state index is 0.00566. The third-order valence-electron chi connectivity index (χ3n) is 5.80. The molecule has 0 spiro atoms. The summed E-state index contributed by atoms with van der Waals surface area (Å²) < 4.78 is 16.6. The number of methoxy groups -OCH3 is 3. The van der Waals surface area contributed by atoms with Gasteiger partial charge in [-0.2, -0.15) is 0 Å². The number of amides is 1. The van der Waals surface area contributed by atoms with Crippen molar-refractivity contribution < 1.29 is 19.0 Å². The Morgan fingerprint density at radius 1 is 1.19 bits per heavy atom. The van der Waals surface area contributed by atoms with E-state index in [9.17, 15) is 4.79 Å². The Morgan fingerprint density at radius 3 is 2.48 bits per heavy atom. The predicted molar refractivity (Wildman–Crippen MR) is 104 cm³/mol. The van der Waals surface area contributed by atoms with E-state index in [0.29, 0.717) is 22.6 Å². The van der Waals surface area contributed by atoms with Crippen LogP contribution in [0.15, 0.2) is 12.1 Å². The average Bonchev–Trinajstić information content (AvgIpc) is 3.00. The van der Waals surface area contributed by atoms with Crippen LogP contribution in [-0.2, 0) is 16.1 Å². The van der Waals surface area contributed by atoms with Crippen molar-refractivity contribution in [2.24, 2.45) is 11.8 Å². The highest BCUT2D eigenvalue weighted by molar-refractivity contribution is 6.30. The molecule has 3 rings (SSSR count). The first-order chi connectivity index (χ1) is 12.9. The maximum Gasteiger partial charge on any atom is 0.217 e. The van der Waals surface area contributed by atoms with Crippen LogP contribution in [0, 0.1) is 11.8 Å². The number of carbonyl (C=O) groups is 1. The highest BCUT2D eigenvalue weighted by atomic mass is 35.5. The van der Waals surface area contributed by atoms with Crippen molar-refractivity contribution in [3.63, 3.8) is 0 Å². The molecule has 0 aromatic heterocycles. The number of rotatable bonds is 6. The maximum atomic E-state index is 11.5. The summed E-state index contributed by atoms with van der Waals surface area (Å²) >= 11 is 6.26. The SMILES string of the molecule is COc1cc(Cl)cc(CN2C[C@H]3C[C@@H](NC(C)=O)[C@H](OC)C[C@H]3C2)c1OC. The molecule has 1 heterocycles. The number of nitrogens with one attached hydrogen (secondary N) is 1. The van der Waals surface area contributed by atoms with E-state index in [1.54, 1.807) is 34.3 Å². The van der Waals surface area contributed by atoms with Gasteiger partial charge in [0.25, 0.3) is 0 Å². The largest absolute Gasteiger partial charge is 0.493 e. The number of benzene rings is 1. The summed E-state index contributed by atoms with van der Waals surface area (Å²) in [4.78, 5) is 14.0. The highest BCUT2D eigenvalue weighted by Crippen LogP contribution is 2.40. The first-order valence-corrected chi connectivity index (χ1v) is 9.75. The van der Waals surface area contributed by atoms with Crippen LogP contribution in [0.2, 0.25) is 5.02 Å². The van der Waals surface area contributed by atoms with Gasteiger partial charge in [0.05, 0.1) is 26.4 Å². The van der Waals surface area contributed by atoms with Gasteiger partial charge in [-0.1, -0.05) is 11.6 Å². The van der Waals surface area contributed by atoms with Gasteiger partial charge in [0.1, 0.15) is 0 Å². The van der Waals surface area contributed by atoms with E-state index < -0.39 is 0 Å². The van der Waals surface area contributed by atoms with Gasteiger partial charge >= 0.3 is 0 Å². The second-order valence-corrected chi connectivity index (χ2v) is 8.00. The third kappa shape index (κ3) is 4.50. The first kappa shape index (κ1) is 20.2. The lowest BCUT2D eigenvalue weighted by Crippen LogP contribution is -2.49. The van der Waals surface area contributed by atoms with Gasteiger partial charge in [0.15, 0.2) is 11.5 Å². The molecule has 1 N–H and O–H groups in total. The van der Waals surface area contributed by atoms with Crippen LogP contribution in [0.5, 0.6) is 11.5 Å². The molecule has 0 bridgehead atoms. The molecule has 2 aliphatic rings. The fourth-order valence-corrected chi connectivity index (χ4v) is 4.91. The minimum absolute atomic E-state index is 0.00566. The zero-order valence-corrected chi connectivity index (χ0v) is 17.2. The standard InChI is InChI=1S/C20H29ClN2O4/c1-12(24)22-17-6-13-9-23(10-14(13)7-18(17)25-2)11-15-5-16(21)8-19(26-3)20(15)27-4/h5,8,13-14,17-18H,6-7,9-11H2,1-4H3,(H,22,24)/t13-,14+,17-,18-/m1/s1. The molecule has 150 valence electrons. The molecule has 1 saturated heterocycles. The molecule has 2 fully saturated rings. The van der Waals surface area contributed by atoms with Gasteiger partial charge in [-0.25, -0.2) is 0 Å². The molecule has 0 unspecified atom stereocenters. The molecule has 4 atom stereocenters. The van der Waals surface area contributed by atoms with E-state index in [1.807, 2.05) is 6.07 Å². The number of fused-ring (bicyclic) bond motifs is 1. The molecule has 1 aliphatic heterocycles. The third-order valence-corrected chi connectivity index (χ3v) is 6.02. The maximum absolute atomic E-state index is 11.5. The van der Waals surface area contributed by atoms with Gasteiger partial charge < -0.3 is 19.5 Å². The molecule has 1 saturated carbocycles. The summed E-state index contributed by atoms with van der Waals surface area (Å²) in [6.45, 7) is 4.33. The van der Waals surface area contributed by atoms with Crippen LogP contribution in [0.3, 0.4) is 0 Å². The molecule has 27 heavy (non-hydrogen) atoms. The Kier molecular flexibility index (Phi) is 6.50. The smallest absolute Gasteiger partial charge is 0.217 e. The number of hydrogen-bond acceptors (Lipinski definition) is 5. The van der Waals surface area contributed by atoms with Gasteiger partial charge in [-0.05, 0) is 30.7 Å². The fourth-order valence-electron chi connectivity index (χ4n) is 4.68. The van der Waals surface area contributed by atoms with Gasteiger partial charge in [0.2, 0.25) is 5.91 Å². The number of likely N-dealkylation sites (tertiary alicyclic amines) is 1. The predicted octanol–water partition coefficient (Wildman–Crippen LogP) is 2.72. The number of hydrogen-bond donors (Lipinski definition) is 1. The molecular weight excluding hydrogens is 368 g/mol. The summed E-state index contributed by atoms with van der Waals surface area (Å²) in [5.74, 6) is 2.53. The van der Waals surface area contributed by atoms with Crippen molar-refractivity contribution in [3.8, 4) is 11.5 Å². The van der Waals surface area contributed by atoms with Gasteiger partial charge in [-0.15, -0.1) is 0 Å². The minimum Gasteiger partial charge on any atom is -0.493 e. The molecule has 1 aliphatic carbocycles. The Hall–Kier alpha value is -1.50. The molecular formula is C20H29ClN2O4. The van der Waals surface area contributed by atoms with Crippen LogP contribution < -0.4 is 14.8 Å². The normalized spacial score (nSPS) is 27.9. The van der Waals surface area contributed by atoms with Crippen LogP contribution >= 0.6 is 11.6 Å². The number of ether oxygens (including phenoxy) is 3. The summed E-state index contributed by atoms with van der Waals surface area (Å²) in [6, 6.07) is 3.81. The molecule has 0 radical (unpaired) electrons. The lowest BCUT2D eigenvalue weighted by Gasteiger charge is -2.37. The summed E-state index contributed by atoms with van der Waals surface area (Å²) in [6.07, 6.45) is 2.00. The quantitative estimate of drug-likeness (QED) is 0.801. The van der Waals surface area contributed by atoms with Crippen molar-refractivity contribution in [1.82, 2.24) is 10.2 Å². The van der Waals surface area contributed by atoms with Crippen molar-refractivity contribution in [2.45, 2.75) is 38.5 Å². The van der Waals surface area contributed by atoms with Gasteiger partial charge in [0, 0.05) is 50.3 Å². The second-order valence-electron chi connectivity index (χ2n) is 7.57. The average molecular weight is 397 g/mol. The lowest BCUT2D eigenvalue weighted by molar-refractivity contribution is -0.121. The Balaban J connectivity index is 1.72. The lowest BCUT2D eigenvalue weighted by atomic mass is 9.77. The zero-order chi connectivity index (χ0) is 19.6. The van der Waals surface area contributed by atoms with Crippen molar-refractivity contribution in [2.75, 3.05) is 34.4 Å². The van der Waals surface area contributed by atoms with Crippen LogP contribution in [0.25, 0.3) is 0 Å². The Labute approximate surface area is 166 Å². The summed E-state index contributed by atoms with van der Waals surface area (Å²) in [5.41, 5.74) is 1.03. The molecule has 6 nitrogen and oxygen atoms in total. The van der Waals surface area contributed by atoms with E-state index in [0.717, 1.165) is 43.8 Å². The Bertz CT molecular complexity index is 684. The summed E-state index contributed by atoms with van der Waals surface area (Å²) in [7, 11) is 5.01. The number of halogens is 1. The number of nitrogens with zero attached hydrogens (tertiary/aromatic N) is 1. The van der Waals surface area contributed by atoms with E-state index in [4.69, 9.17) is 25.8 Å². The molecule has 1 aromatic carbocycles. The monoisotopic (exact) mass is 396 g/mol. The van der Waals surface area contributed by atoms with Crippen LogP contribution in [0.4, 0.5) is 0 Å². The highest BCUT2D eigenvalue weighted by Gasteiger charge is 2.42. The van der Waals surface area contributed by atoms with Crippen molar-refractivity contribution in [1.29, 1.82) is 0 Å². The van der Waals surface area contributed by atoms with Crippen LogP contribution in [0.1, 0.15) is 25.3 Å². The zero-order valence-electron chi connectivity index (χ0n) is 16.5. The molecule has 1 amide bonds. The Morgan fingerprint density at radius 2 is 1.89 bits per heavy atom. The number of carbonyl (C=O) groups excluding carboxylic acids is 1. The van der Waals surface area contributed by atoms with Gasteiger partial charge in [-0.3, -0.25) is 9.69 Å².